The second-order valence-electron chi connectivity index (χ2n) is 8.29. The fourth-order valence-corrected chi connectivity index (χ4v) is 4.05. The van der Waals surface area contributed by atoms with Crippen molar-refractivity contribution < 1.29 is 4.57 Å². The smallest absolute Gasteiger partial charge is 0.236 e. The summed E-state index contributed by atoms with van der Waals surface area (Å²) in [5, 5.41) is 0. The summed E-state index contributed by atoms with van der Waals surface area (Å²) in [6.07, 6.45) is 4.34. The minimum atomic E-state index is 0.00993. The van der Waals surface area contributed by atoms with E-state index in [0.29, 0.717) is 0 Å². The van der Waals surface area contributed by atoms with E-state index in [1.165, 1.54) is 33.8 Å². The van der Waals surface area contributed by atoms with Crippen molar-refractivity contribution in [1.82, 2.24) is 4.57 Å². The summed E-state index contributed by atoms with van der Waals surface area (Å²) >= 11 is 0. The summed E-state index contributed by atoms with van der Waals surface area (Å²) in [4.78, 5) is 0. The van der Waals surface area contributed by atoms with Crippen LogP contribution in [0.5, 0.6) is 0 Å². The highest BCUT2D eigenvalue weighted by molar-refractivity contribution is 5.85. The summed E-state index contributed by atoms with van der Waals surface area (Å²) in [6.45, 7) is 6.81. The van der Waals surface area contributed by atoms with Gasteiger partial charge in [0.2, 0.25) is 0 Å². The van der Waals surface area contributed by atoms with Crippen molar-refractivity contribution in [1.29, 1.82) is 0 Å². The molecule has 0 saturated heterocycles. The zero-order valence-corrected chi connectivity index (χ0v) is 17.1. The van der Waals surface area contributed by atoms with Gasteiger partial charge < -0.3 is 0 Å². The summed E-state index contributed by atoms with van der Waals surface area (Å²) in [6, 6.07) is 27.9. The molecule has 4 rings (SSSR count). The van der Waals surface area contributed by atoms with Crippen LogP contribution < -0.4 is 4.57 Å². The number of aromatic nitrogens is 2. The molecule has 3 aromatic carbocycles. The van der Waals surface area contributed by atoms with Gasteiger partial charge in [-0.05, 0) is 31.9 Å². The molecule has 0 spiro atoms. The molecule has 0 N–H and O–H groups in total. The lowest BCUT2D eigenvalue weighted by molar-refractivity contribution is -0.681. The number of aryl methyl sites for hydroxylation is 1. The van der Waals surface area contributed by atoms with Crippen LogP contribution in [0.2, 0.25) is 0 Å². The summed E-state index contributed by atoms with van der Waals surface area (Å²) < 4.78 is 4.60. The van der Waals surface area contributed by atoms with Crippen molar-refractivity contribution >= 4 is 0 Å². The number of hydrogen-bond donors (Lipinski definition) is 0. The second kappa shape index (κ2) is 7.12. The maximum absolute atomic E-state index is 2.37. The van der Waals surface area contributed by atoms with Gasteiger partial charge in [-0.1, -0.05) is 78.9 Å². The quantitative estimate of drug-likeness (QED) is 0.397. The molecule has 0 saturated carbocycles. The van der Waals surface area contributed by atoms with E-state index < -0.39 is 0 Å². The van der Waals surface area contributed by atoms with Crippen molar-refractivity contribution in [2.45, 2.75) is 26.2 Å². The van der Waals surface area contributed by atoms with Crippen molar-refractivity contribution in [3.05, 3.63) is 97.1 Å². The summed E-state index contributed by atoms with van der Waals surface area (Å²) in [5.74, 6) is 1.27. The molecule has 2 nitrogen and oxygen atoms in total. The summed E-state index contributed by atoms with van der Waals surface area (Å²) in [7, 11) is 2.13. The van der Waals surface area contributed by atoms with Gasteiger partial charge in [-0.2, -0.15) is 4.57 Å². The largest absolute Gasteiger partial charge is 0.266 e. The Morgan fingerprint density at radius 1 is 0.679 bits per heavy atom. The maximum Gasteiger partial charge on any atom is 0.266 e. The monoisotopic (exact) mass is 367 g/mol. The number of nitrogens with zero attached hydrogens (tertiary/aromatic N) is 2. The van der Waals surface area contributed by atoms with Crippen LogP contribution in [0.4, 0.5) is 0 Å². The first-order valence-corrected chi connectivity index (χ1v) is 9.78. The van der Waals surface area contributed by atoms with E-state index >= 15 is 0 Å². The normalized spacial score (nSPS) is 11.6. The van der Waals surface area contributed by atoms with Crippen LogP contribution in [-0.2, 0) is 12.5 Å². The van der Waals surface area contributed by atoms with Gasteiger partial charge in [0.15, 0.2) is 0 Å². The molecule has 140 valence electrons. The molecule has 0 amide bonds. The molecule has 2 heteroatoms. The Balaban J connectivity index is 2.08. The lowest BCUT2D eigenvalue weighted by Gasteiger charge is -2.19. The predicted octanol–water partition coefficient (Wildman–Crippen LogP) is 5.93. The molecule has 4 aromatic rings. The molecule has 1 heterocycles. The molecule has 0 unspecified atom stereocenters. The SMILES string of the molecule is C[n+]1ccn(-c2c(-c3ccccc3)cccc2-c2ccccc2)c1C(C)(C)C. The van der Waals surface area contributed by atoms with E-state index in [-0.39, 0.29) is 5.41 Å². The summed E-state index contributed by atoms with van der Waals surface area (Å²) in [5.41, 5.74) is 6.17. The van der Waals surface area contributed by atoms with E-state index in [9.17, 15) is 0 Å². The van der Waals surface area contributed by atoms with Crippen molar-refractivity contribution in [3.63, 3.8) is 0 Å². The Morgan fingerprint density at radius 2 is 1.18 bits per heavy atom. The minimum absolute atomic E-state index is 0.00993. The van der Waals surface area contributed by atoms with Gasteiger partial charge in [-0.15, -0.1) is 0 Å². The van der Waals surface area contributed by atoms with Crippen molar-refractivity contribution in [3.8, 4) is 27.9 Å². The lowest BCUT2D eigenvalue weighted by Crippen LogP contribution is -2.39. The van der Waals surface area contributed by atoms with Crippen LogP contribution in [-0.4, -0.2) is 4.57 Å². The van der Waals surface area contributed by atoms with Crippen molar-refractivity contribution in [2.75, 3.05) is 0 Å². The molecular formula is C26H27N2+. The van der Waals surface area contributed by atoms with Crippen molar-refractivity contribution in [2.24, 2.45) is 7.05 Å². The van der Waals surface area contributed by atoms with E-state index in [1.807, 2.05) is 0 Å². The Morgan fingerprint density at radius 3 is 1.64 bits per heavy atom. The highest BCUT2D eigenvalue weighted by Crippen LogP contribution is 2.37. The van der Waals surface area contributed by atoms with Crippen LogP contribution >= 0.6 is 0 Å². The molecule has 0 radical (unpaired) electrons. The minimum Gasteiger partial charge on any atom is -0.236 e. The van der Waals surface area contributed by atoms with Gasteiger partial charge in [-0.3, -0.25) is 0 Å². The van der Waals surface area contributed by atoms with E-state index in [4.69, 9.17) is 0 Å². The third kappa shape index (κ3) is 3.27. The first kappa shape index (κ1) is 18.2. The van der Waals surface area contributed by atoms with E-state index in [1.54, 1.807) is 0 Å². The van der Waals surface area contributed by atoms with Gasteiger partial charge in [0.1, 0.15) is 18.1 Å². The van der Waals surface area contributed by atoms with Crippen LogP contribution in [0.25, 0.3) is 27.9 Å². The average Bonchev–Trinajstić information content (AvgIpc) is 3.10. The molecular weight excluding hydrogens is 340 g/mol. The first-order valence-electron chi connectivity index (χ1n) is 9.78. The highest BCUT2D eigenvalue weighted by atomic mass is 15.2. The third-order valence-electron chi connectivity index (χ3n) is 5.12. The topological polar surface area (TPSA) is 8.81 Å². The van der Waals surface area contributed by atoms with Gasteiger partial charge >= 0.3 is 0 Å². The number of imidazole rings is 1. The molecule has 28 heavy (non-hydrogen) atoms. The molecule has 0 aliphatic rings. The number of benzene rings is 3. The number of rotatable bonds is 3. The zero-order chi connectivity index (χ0) is 19.7. The van der Waals surface area contributed by atoms with E-state index in [2.05, 4.69) is 128 Å². The zero-order valence-electron chi connectivity index (χ0n) is 17.1. The van der Waals surface area contributed by atoms with Gasteiger partial charge in [0.05, 0.1) is 12.5 Å². The predicted molar refractivity (Wildman–Crippen MR) is 117 cm³/mol. The lowest BCUT2D eigenvalue weighted by atomic mass is 9.92. The Bertz CT molecular complexity index is 1030. The Labute approximate surface area is 167 Å². The second-order valence-corrected chi connectivity index (χ2v) is 8.29. The van der Waals surface area contributed by atoms with Crippen LogP contribution in [0, 0.1) is 0 Å². The van der Waals surface area contributed by atoms with Gasteiger partial charge in [0, 0.05) is 11.1 Å². The standard InChI is InChI=1S/C26H27N2/c1-26(2,3)25-27(4)18-19-28(25)24-22(20-12-7-5-8-13-20)16-11-17-23(24)21-14-9-6-10-15-21/h5-19H,1-4H3/q+1. The number of hydrogen-bond acceptors (Lipinski definition) is 0. The Hall–Kier alpha value is -3.13. The molecule has 0 fully saturated rings. The fourth-order valence-electron chi connectivity index (χ4n) is 4.05. The van der Waals surface area contributed by atoms with Crippen LogP contribution in [0.1, 0.15) is 26.6 Å². The Kier molecular flexibility index (Phi) is 4.64. The highest BCUT2D eigenvalue weighted by Gasteiger charge is 2.32. The molecule has 0 atom stereocenters. The van der Waals surface area contributed by atoms with Gasteiger partial charge in [0.25, 0.3) is 5.82 Å². The maximum atomic E-state index is 2.37. The number of para-hydroxylation sites is 1. The molecule has 1 aromatic heterocycles. The molecule has 0 aliphatic carbocycles. The van der Waals surface area contributed by atoms with Crippen LogP contribution in [0.15, 0.2) is 91.3 Å². The van der Waals surface area contributed by atoms with Gasteiger partial charge in [-0.25, -0.2) is 4.57 Å². The van der Waals surface area contributed by atoms with Crippen LogP contribution in [0.3, 0.4) is 0 Å². The van der Waals surface area contributed by atoms with E-state index in [0.717, 1.165) is 0 Å². The fraction of sp³-hybridized carbons (Fsp3) is 0.192. The average molecular weight is 368 g/mol. The first-order chi connectivity index (χ1) is 13.5. The third-order valence-corrected chi connectivity index (χ3v) is 5.12. The molecule has 0 aliphatic heterocycles. The molecule has 0 bridgehead atoms.